The average molecular weight is 277 g/mol. The van der Waals surface area contributed by atoms with Crippen LogP contribution in [0.1, 0.15) is 32.8 Å². The second kappa shape index (κ2) is 7.09. The summed E-state index contributed by atoms with van der Waals surface area (Å²) in [5, 5.41) is 0. The molecule has 1 aromatic rings. The third-order valence-corrected chi connectivity index (χ3v) is 3.39. The van der Waals surface area contributed by atoms with Crippen LogP contribution in [0.2, 0.25) is 0 Å². The summed E-state index contributed by atoms with van der Waals surface area (Å²) in [7, 11) is 0. The molecule has 2 rings (SSSR count). The number of morpholine rings is 1. The lowest BCUT2D eigenvalue weighted by molar-refractivity contribution is 0.0374. The van der Waals surface area contributed by atoms with Crippen molar-refractivity contribution >= 4 is 0 Å². The number of aryl methyl sites for hydroxylation is 1. The highest BCUT2D eigenvalue weighted by Gasteiger charge is 2.12. The lowest BCUT2D eigenvalue weighted by Crippen LogP contribution is -2.36. The van der Waals surface area contributed by atoms with Gasteiger partial charge in [0, 0.05) is 13.1 Å². The number of hydrogen-bond acceptors (Lipinski definition) is 3. The molecule has 0 aliphatic carbocycles. The average Bonchev–Trinajstić information content (AvgIpc) is 2.40. The first-order valence-electron chi connectivity index (χ1n) is 7.61. The van der Waals surface area contributed by atoms with Gasteiger partial charge in [-0.3, -0.25) is 4.90 Å². The molecule has 0 aromatic heterocycles. The maximum atomic E-state index is 5.83. The molecule has 0 atom stereocenters. The minimum atomic E-state index is -0.127. The molecular weight excluding hydrogens is 250 g/mol. The van der Waals surface area contributed by atoms with Gasteiger partial charge in [-0.2, -0.15) is 0 Å². The fraction of sp³-hybridized carbons (Fsp3) is 0.647. The van der Waals surface area contributed by atoms with E-state index in [1.807, 2.05) is 0 Å². The van der Waals surface area contributed by atoms with Crippen LogP contribution in [-0.2, 0) is 11.2 Å². The second-order valence-corrected chi connectivity index (χ2v) is 6.42. The molecule has 0 saturated carbocycles. The lowest BCUT2D eigenvalue weighted by atomic mass is 10.1. The molecule has 0 spiro atoms. The molecule has 0 unspecified atom stereocenters. The zero-order valence-corrected chi connectivity index (χ0v) is 13.0. The molecule has 1 saturated heterocycles. The van der Waals surface area contributed by atoms with Crippen molar-refractivity contribution in [1.82, 2.24) is 4.90 Å². The normalized spacial score (nSPS) is 17.1. The second-order valence-electron chi connectivity index (χ2n) is 6.42. The summed E-state index contributed by atoms with van der Waals surface area (Å²) >= 11 is 0. The first-order valence-corrected chi connectivity index (χ1v) is 7.61. The van der Waals surface area contributed by atoms with Gasteiger partial charge in [-0.25, -0.2) is 0 Å². The standard InChI is InChI=1S/C17H27NO2/c1-17(2,3)20-16-8-6-15(7-9-16)5-4-10-18-11-13-19-14-12-18/h6-9H,4-5,10-14H2,1-3H3. The third-order valence-electron chi connectivity index (χ3n) is 3.39. The number of rotatable bonds is 5. The highest BCUT2D eigenvalue weighted by molar-refractivity contribution is 5.27. The van der Waals surface area contributed by atoms with E-state index >= 15 is 0 Å². The Morgan fingerprint density at radius 2 is 1.75 bits per heavy atom. The summed E-state index contributed by atoms with van der Waals surface area (Å²) in [4.78, 5) is 2.49. The zero-order chi connectivity index (χ0) is 14.4. The molecule has 0 N–H and O–H groups in total. The Morgan fingerprint density at radius 3 is 2.35 bits per heavy atom. The predicted molar refractivity (Wildman–Crippen MR) is 82.4 cm³/mol. The van der Waals surface area contributed by atoms with Crippen LogP contribution in [0.25, 0.3) is 0 Å². The Bertz CT molecular complexity index is 388. The summed E-state index contributed by atoms with van der Waals surface area (Å²) in [6.45, 7) is 11.3. The van der Waals surface area contributed by atoms with Crippen molar-refractivity contribution in [2.45, 2.75) is 39.2 Å². The van der Waals surface area contributed by atoms with Gasteiger partial charge in [-0.1, -0.05) is 12.1 Å². The Hall–Kier alpha value is -1.06. The van der Waals surface area contributed by atoms with Crippen LogP contribution in [0.5, 0.6) is 5.75 Å². The number of ether oxygens (including phenoxy) is 2. The van der Waals surface area contributed by atoms with E-state index in [9.17, 15) is 0 Å². The molecule has 1 heterocycles. The SMILES string of the molecule is CC(C)(C)Oc1ccc(CCCN2CCOCC2)cc1. The van der Waals surface area contributed by atoms with Crippen LogP contribution >= 0.6 is 0 Å². The van der Waals surface area contributed by atoms with Crippen molar-refractivity contribution in [2.75, 3.05) is 32.8 Å². The molecule has 1 aliphatic rings. The summed E-state index contributed by atoms with van der Waals surface area (Å²) < 4.78 is 11.2. The van der Waals surface area contributed by atoms with Crippen LogP contribution in [0.4, 0.5) is 0 Å². The van der Waals surface area contributed by atoms with Crippen molar-refractivity contribution in [3.63, 3.8) is 0 Å². The highest BCUT2D eigenvalue weighted by Crippen LogP contribution is 2.19. The number of nitrogens with zero attached hydrogens (tertiary/aromatic N) is 1. The minimum Gasteiger partial charge on any atom is -0.488 e. The number of hydrogen-bond donors (Lipinski definition) is 0. The van der Waals surface area contributed by atoms with Crippen LogP contribution < -0.4 is 4.74 Å². The lowest BCUT2D eigenvalue weighted by Gasteiger charge is -2.26. The van der Waals surface area contributed by atoms with Crippen LogP contribution in [0, 0.1) is 0 Å². The molecule has 0 bridgehead atoms. The molecule has 3 heteroatoms. The van der Waals surface area contributed by atoms with Crippen molar-refractivity contribution in [2.24, 2.45) is 0 Å². The Kier molecular flexibility index (Phi) is 5.44. The maximum absolute atomic E-state index is 5.83. The molecular formula is C17H27NO2. The molecule has 0 radical (unpaired) electrons. The topological polar surface area (TPSA) is 21.7 Å². The summed E-state index contributed by atoms with van der Waals surface area (Å²) in [6.07, 6.45) is 2.34. The van der Waals surface area contributed by atoms with E-state index in [0.29, 0.717) is 0 Å². The largest absolute Gasteiger partial charge is 0.488 e. The van der Waals surface area contributed by atoms with Gasteiger partial charge in [0.2, 0.25) is 0 Å². The minimum absolute atomic E-state index is 0.127. The quantitative estimate of drug-likeness (QED) is 0.825. The van der Waals surface area contributed by atoms with Gasteiger partial charge in [-0.15, -0.1) is 0 Å². The Morgan fingerprint density at radius 1 is 1.10 bits per heavy atom. The van der Waals surface area contributed by atoms with Crippen molar-refractivity contribution in [3.8, 4) is 5.75 Å². The third kappa shape index (κ3) is 5.51. The fourth-order valence-corrected chi connectivity index (χ4v) is 2.41. The van der Waals surface area contributed by atoms with Crippen molar-refractivity contribution < 1.29 is 9.47 Å². The van der Waals surface area contributed by atoms with E-state index in [4.69, 9.17) is 9.47 Å². The van der Waals surface area contributed by atoms with E-state index in [2.05, 4.69) is 49.9 Å². The number of benzene rings is 1. The zero-order valence-electron chi connectivity index (χ0n) is 13.0. The van der Waals surface area contributed by atoms with E-state index in [-0.39, 0.29) is 5.60 Å². The fourth-order valence-electron chi connectivity index (χ4n) is 2.41. The highest BCUT2D eigenvalue weighted by atomic mass is 16.5. The molecule has 112 valence electrons. The van der Waals surface area contributed by atoms with E-state index < -0.39 is 0 Å². The van der Waals surface area contributed by atoms with Gasteiger partial charge in [0.05, 0.1) is 13.2 Å². The molecule has 1 fully saturated rings. The van der Waals surface area contributed by atoms with Crippen molar-refractivity contribution in [3.05, 3.63) is 29.8 Å². The van der Waals surface area contributed by atoms with Gasteiger partial charge < -0.3 is 9.47 Å². The van der Waals surface area contributed by atoms with Gasteiger partial charge in [-0.05, 0) is 57.9 Å². The monoisotopic (exact) mass is 277 g/mol. The van der Waals surface area contributed by atoms with E-state index in [0.717, 1.165) is 38.5 Å². The van der Waals surface area contributed by atoms with Crippen molar-refractivity contribution in [1.29, 1.82) is 0 Å². The Labute approximate surface area is 122 Å². The smallest absolute Gasteiger partial charge is 0.120 e. The summed E-state index contributed by atoms with van der Waals surface area (Å²) in [6, 6.07) is 8.52. The van der Waals surface area contributed by atoms with Gasteiger partial charge >= 0.3 is 0 Å². The maximum Gasteiger partial charge on any atom is 0.120 e. The van der Waals surface area contributed by atoms with Gasteiger partial charge in [0.1, 0.15) is 11.4 Å². The molecule has 1 aliphatic heterocycles. The van der Waals surface area contributed by atoms with Crippen LogP contribution in [-0.4, -0.2) is 43.3 Å². The summed E-state index contributed by atoms with van der Waals surface area (Å²) in [5.41, 5.74) is 1.26. The predicted octanol–water partition coefficient (Wildman–Crippen LogP) is 3.13. The van der Waals surface area contributed by atoms with E-state index in [1.54, 1.807) is 0 Å². The van der Waals surface area contributed by atoms with Crippen LogP contribution in [0.3, 0.4) is 0 Å². The molecule has 20 heavy (non-hydrogen) atoms. The Balaban J connectivity index is 1.73. The molecule has 1 aromatic carbocycles. The van der Waals surface area contributed by atoms with Gasteiger partial charge in [0.15, 0.2) is 0 Å². The summed E-state index contributed by atoms with van der Waals surface area (Å²) in [5.74, 6) is 0.953. The molecule has 0 amide bonds. The van der Waals surface area contributed by atoms with Gasteiger partial charge in [0.25, 0.3) is 0 Å². The first-order chi connectivity index (χ1) is 9.53. The van der Waals surface area contributed by atoms with E-state index in [1.165, 1.54) is 18.5 Å². The van der Waals surface area contributed by atoms with Crippen LogP contribution in [0.15, 0.2) is 24.3 Å². The molecule has 3 nitrogen and oxygen atoms in total. The first kappa shape index (κ1) is 15.3.